The number of hydrogen-bond donors (Lipinski definition) is 4. The van der Waals surface area contributed by atoms with E-state index in [0.717, 1.165) is 4.47 Å². The van der Waals surface area contributed by atoms with Gasteiger partial charge in [-0.25, -0.2) is 8.42 Å². The number of nitrogens with one attached hydrogen (secondary N) is 2. The number of rotatable bonds is 6. The number of fused-ring (bicyclic) bond motifs is 1. The summed E-state index contributed by atoms with van der Waals surface area (Å²) in [7, 11) is -3.89. The van der Waals surface area contributed by atoms with Gasteiger partial charge in [-0.15, -0.1) is 0 Å². The number of benzene rings is 4. The van der Waals surface area contributed by atoms with Crippen LogP contribution < -0.4 is 10.0 Å². The lowest BCUT2D eigenvalue weighted by Crippen LogP contribution is -2.14. The molecule has 0 bridgehead atoms. The summed E-state index contributed by atoms with van der Waals surface area (Å²) in [5.74, 6) is -0.712. The highest BCUT2D eigenvalue weighted by Crippen LogP contribution is 2.30. The minimum absolute atomic E-state index is 0.0785. The number of carbonyl (C=O) groups is 1. The van der Waals surface area contributed by atoms with Crippen LogP contribution >= 0.6 is 15.9 Å². The Bertz CT molecular complexity index is 1500. The van der Waals surface area contributed by atoms with Crippen molar-refractivity contribution in [2.24, 2.45) is 0 Å². The Labute approximate surface area is 204 Å². The van der Waals surface area contributed by atoms with Gasteiger partial charge in [0.25, 0.3) is 10.0 Å². The molecule has 0 atom stereocenters. The molecule has 0 unspecified atom stereocenters. The number of hydrogen-bond acceptors (Lipinski definition) is 5. The molecule has 0 saturated carbocycles. The van der Waals surface area contributed by atoms with Crippen molar-refractivity contribution in [1.82, 2.24) is 0 Å². The molecular formula is C25H19BrN2O5S. The average Bonchev–Trinajstić information content (AvgIpc) is 2.78. The Morgan fingerprint density at radius 2 is 1.50 bits per heavy atom. The fourth-order valence-electron chi connectivity index (χ4n) is 3.41. The highest BCUT2D eigenvalue weighted by Gasteiger charge is 2.18. The summed E-state index contributed by atoms with van der Waals surface area (Å²) in [5.41, 5.74) is 1.30. The van der Waals surface area contributed by atoms with E-state index in [1.54, 1.807) is 54.6 Å². The number of sulfonamides is 1. The molecule has 0 saturated heterocycles. The van der Waals surface area contributed by atoms with E-state index in [0.29, 0.717) is 27.7 Å². The molecule has 0 aromatic heterocycles. The van der Waals surface area contributed by atoms with Crippen molar-refractivity contribution in [3.05, 3.63) is 95.0 Å². The number of aromatic hydroxyl groups is 2. The van der Waals surface area contributed by atoms with E-state index in [1.807, 2.05) is 0 Å². The van der Waals surface area contributed by atoms with Gasteiger partial charge in [0.15, 0.2) is 0 Å². The molecule has 1 amide bonds. The smallest absolute Gasteiger partial charge is 0.262 e. The number of phenols is 2. The van der Waals surface area contributed by atoms with Crippen LogP contribution in [0.5, 0.6) is 11.5 Å². The van der Waals surface area contributed by atoms with Gasteiger partial charge < -0.3 is 15.5 Å². The Balaban J connectivity index is 1.61. The van der Waals surface area contributed by atoms with Crippen molar-refractivity contribution in [2.75, 3.05) is 10.0 Å². The number of amides is 1. The third-order valence-electron chi connectivity index (χ3n) is 4.88. The first-order valence-corrected chi connectivity index (χ1v) is 12.3. The van der Waals surface area contributed by atoms with Gasteiger partial charge in [0.2, 0.25) is 5.91 Å². The van der Waals surface area contributed by atoms with Crippen LogP contribution in [0, 0.1) is 0 Å². The average molecular weight is 539 g/mol. The molecule has 34 heavy (non-hydrogen) atoms. The van der Waals surface area contributed by atoms with Gasteiger partial charge >= 0.3 is 0 Å². The van der Waals surface area contributed by atoms with Gasteiger partial charge in [-0.2, -0.15) is 0 Å². The van der Waals surface area contributed by atoms with Crippen LogP contribution in [0.25, 0.3) is 16.8 Å². The third kappa shape index (κ3) is 5.38. The maximum absolute atomic E-state index is 13.1. The van der Waals surface area contributed by atoms with Crippen molar-refractivity contribution in [3.8, 4) is 11.5 Å². The van der Waals surface area contributed by atoms with Crippen LogP contribution in [0.2, 0.25) is 0 Å². The molecule has 0 fully saturated rings. The van der Waals surface area contributed by atoms with Crippen LogP contribution in [0.4, 0.5) is 11.4 Å². The predicted molar refractivity (Wildman–Crippen MR) is 136 cm³/mol. The topological polar surface area (TPSA) is 116 Å². The number of halogens is 1. The standard InChI is InChI=1S/C25H19BrN2O5S/c26-17-8-10-18(11-9-17)28-34(32,33)24-6-2-3-21-22(24)4-1-5-23(21)27-25(31)12-7-16-13-19(29)15-20(30)14-16/h1-15,28-30H,(H,27,31). The third-order valence-corrected chi connectivity index (χ3v) is 6.85. The molecule has 4 rings (SSSR count). The second-order valence-corrected chi connectivity index (χ2v) is 9.94. The molecule has 172 valence electrons. The van der Waals surface area contributed by atoms with Crippen molar-refractivity contribution in [3.63, 3.8) is 0 Å². The molecule has 0 heterocycles. The lowest BCUT2D eigenvalue weighted by Gasteiger charge is -2.13. The molecule has 4 N–H and O–H groups in total. The summed E-state index contributed by atoms with van der Waals surface area (Å²) < 4.78 is 29.6. The van der Waals surface area contributed by atoms with Crippen molar-refractivity contribution in [2.45, 2.75) is 4.90 Å². The predicted octanol–water partition coefficient (Wildman–Crippen LogP) is 5.47. The first kappa shape index (κ1) is 23.3. The highest BCUT2D eigenvalue weighted by atomic mass is 79.9. The van der Waals surface area contributed by atoms with E-state index >= 15 is 0 Å². The van der Waals surface area contributed by atoms with Gasteiger partial charge in [-0.05, 0) is 60.2 Å². The lowest BCUT2D eigenvalue weighted by atomic mass is 10.1. The normalized spacial score (nSPS) is 11.6. The van der Waals surface area contributed by atoms with Crippen LogP contribution in [0.3, 0.4) is 0 Å². The van der Waals surface area contributed by atoms with Crippen LogP contribution in [-0.4, -0.2) is 24.5 Å². The maximum Gasteiger partial charge on any atom is 0.262 e. The largest absolute Gasteiger partial charge is 0.508 e. The molecule has 0 aliphatic carbocycles. The summed E-state index contributed by atoms with van der Waals surface area (Å²) in [6.45, 7) is 0. The second-order valence-electron chi connectivity index (χ2n) is 7.37. The van der Waals surface area contributed by atoms with Crippen molar-refractivity contribution < 1.29 is 23.4 Å². The van der Waals surface area contributed by atoms with Crippen molar-refractivity contribution >= 4 is 60.1 Å². The van der Waals surface area contributed by atoms with Gasteiger partial charge in [0, 0.05) is 38.8 Å². The molecule has 4 aromatic carbocycles. The molecule has 0 aliphatic rings. The van der Waals surface area contributed by atoms with E-state index < -0.39 is 15.9 Å². The Morgan fingerprint density at radius 1 is 0.853 bits per heavy atom. The van der Waals surface area contributed by atoms with E-state index in [4.69, 9.17) is 0 Å². The molecule has 0 aliphatic heterocycles. The summed E-state index contributed by atoms with van der Waals surface area (Å²) in [5, 5.41) is 22.9. The fraction of sp³-hybridized carbons (Fsp3) is 0. The Morgan fingerprint density at radius 3 is 2.21 bits per heavy atom. The van der Waals surface area contributed by atoms with Crippen molar-refractivity contribution in [1.29, 1.82) is 0 Å². The minimum atomic E-state index is -3.89. The van der Waals surface area contributed by atoms with Gasteiger partial charge in [0.05, 0.1) is 4.90 Å². The molecule has 0 spiro atoms. The zero-order valence-corrected chi connectivity index (χ0v) is 20.0. The zero-order valence-electron chi connectivity index (χ0n) is 17.6. The summed E-state index contributed by atoms with van der Waals surface area (Å²) in [6, 6.07) is 20.6. The molecule has 0 radical (unpaired) electrons. The van der Waals surface area contributed by atoms with Crippen LogP contribution in [-0.2, 0) is 14.8 Å². The first-order valence-electron chi connectivity index (χ1n) is 10.0. The second kappa shape index (κ2) is 9.58. The Hall–Kier alpha value is -3.82. The minimum Gasteiger partial charge on any atom is -0.508 e. The summed E-state index contributed by atoms with van der Waals surface area (Å²) in [4.78, 5) is 12.6. The van der Waals surface area contributed by atoms with E-state index in [2.05, 4.69) is 26.0 Å². The highest BCUT2D eigenvalue weighted by molar-refractivity contribution is 9.10. The van der Waals surface area contributed by atoms with Gasteiger partial charge in [0.1, 0.15) is 11.5 Å². The van der Waals surface area contributed by atoms with Gasteiger partial charge in [-0.3, -0.25) is 9.52 Å². The number of phenolic OH excluding ortho intramolecular Hbond substituents is 2. The summed E-state index contributed by atoms with van der Waals surface area (Å²) >= 11 is 3.32. The van der Waals surface area contributed by atoms with Gasteiger partial charge in [-0.1, -0.05) is 40.2 Å². The van der Waals surface area contributed by atoms with E-state index in [1.165, 1.54) is 36.4 Å². The molecule has 7 nitrogen and oxygen atoms in total. The zero-order chi connectivity index (χ0) is 24.3. The quantitative estimate of drug-likeness (QED) is 0.243. The van der Waals surface area contributed by atoms with Crippen LogP contribution in [0.1, 0.15) is 5.56 Å². The van der Waals surface area contributed by atoms with E-state index in [-0.39, 0.29) is 16.4 Å². The first-order chi connectivity index (χ1) is 16.2. The molecular weight excluding hydrogens is 520 g/mol. The van der Waals surface area contributed by atoms with Crippen LogP contribution in [0.15, 0.2) is 94.3 Å². The SMILES string of the molecule is O=C(C=Cc1cc(O)cc(O)c1)Nc1cccc2c(S(=O)(=O)Nc3ccc(Br)cc3)cccc12. The molecule has 4 aromatic rings. The number of anilines is 2. The number of carbonyl (C=O) groups excluding carboxylic acids is 1. The summed E-state index contributed by atoms with van der Waals surface area (Å²) in [6.07, 6.45) is 2.70. The molecule has 9 heteroatoms. The fourth-order valence-corrected chi connectivity index (χ4v) is 4.96. The Kier molecular flexibility index (Phi) is 6.58. The maximum atomic E-state index is 13.1. The van der Waals surface area contributed by atoms with E-state index in [9.17, 15) is 23.4 Å². The lowest BCUT2D eigenvalue weighted by molar-refractivity contribution is -0.111. The monoisotopic (exact) mass is 538 g/mol.